The van der Waals surface area contributed by atoms with Crippen molar-refractivity contribution in [2.45, 2.75) is 19.8 Å². The Hall–Kier alpha value is -1.70. The first-order valence-corrected chi connectivity index (χ1v) is 5.20. The Kier molecular flexibility index (Phi) is 3.08. The summed E-state index contributed by atoms with van der Waals surface area (Å²) in [6.45, 7) is 2.01. The van der Waals surface area contributed by atoms with E-state index in [1.807, 2.05) is 31.3 Å². The van der Waals surface area contributed by atoms with Crippen LogP contribution in [0, 0.1) is 0 Å². The Morgan fingerprint density at radius 3 is 3.20 bits per heavy atom. The van der Waals surface area contributed by atoms with Gasteiger partial charge < -0.3 is 0 Å². The van der Waals surface area contributed by atoms with Gasteiger partial charge in [0.25, 0.3) is 0 Å². The van der Waals surface area contributed by atoms with Crippen molar-refractivity contribution in [3.63, 3.8) is 0 Å². The summed E-state index contributed by atoms with van der Waals surface area (Å²) < 4.78 is 0. The second kappa shape index (κ2) is 4.69. The molecule has 0 spiro atoms. The zero-order chi connectivity index (χ0) is 10.5. The average molecular weight is 198 g/mol. The molecule has 2 heteroatoms. The highest BCUT2D eigenvalue weighted by Gasteiger charge is 1.95. The maximum atomic E-state index is 4.57. The van der Waals surface area contributed by atoms with Gasteiger partial charge in [-0.1, -0.05) is 30.4 Å². The van der Waals surface area contributed by atoms with Gasteiger partial charge in [-0.3, -0.25) is 4.98 Å². The number of rotatable bonds is 2. The van der Waals surface area contributed by atoms with Crippen LogP contribution in [-0.2, 0) is 6.42 Å². The molecule has 15 heavy (non-hydrogen) atoms. The van der Waals surface area contributed by atoms with Crippen molar-refractivity contribution in [3.8, 4) is 0 Å². The minimum Gasteiger partial charge on any atom is -0.253 e. The Balaban J connectivity index is 2.43. The number of hydrogen-bond donors (Lipinski definition) is 0. The van der Waals surface area contributed by atoms with E-state index in [0.717, 1.165) is 29.2 Å². The summed E-state index contributed by atoms with van der Waals surface area (Å²) in [6.07, 6.45) is 16.0. The molecular weight excluding hydrogens is 184 g/mol. The Morgan fingerprint density at radius 2 is 2.33 bits per heavy atom. The van der Waals surface area contributed by atoms with Crippen LogP contribution in [0.5, 0.6) is 0 Å². The molecule has 1 aromatic heterocycles. The molecular formula is C13H14N2. The van der Waals surface area contributed by atoms with E-state index in [1.54, 1.807) is 0 Å². The maximum absolute atomic E-state index is 4.57. The summed E-state index contributed by atoms with van der Waals surface area (Å²) in [6, 6.07) is 0. The molecule has 0 aromatic carbocycles. The van der Waals surface area contributed by atoms with Gasteiger partial charge in [-0.05, 0) is 19.4 Å². The highest BCUT2D eigenvalue weighted by atomic mass is 14.8. The third kappa shape index (κ3) is 2.40. The summed E-state index contributed by atoms with van der Waals surface area (Å²) >= 11 is 0. The van der Waals surface area contributed by atoms with Crippen LogP contribution in [0.15, 0.2) is 30.5 Å². The van der Waals surface area contributed by atoms with Gasteiger partial charge in [0.2, 0.25) is 0 Å². The fraction of sp³-hybridized carbons (Fsp3) is 0.231. The van der Waals surface area contributed by atoms with Crippen LogP contribution < -0.4 is 10.7 Å². The molecule has 0 radical (unpaired) electrons. The molecule has 0 atom stereocenters. The largest absolute Gasteiger partial charge is 0.253 e. The lowest BCUT2D eigenvalue weighted by atomic mass is 10.3. The number of fused-ring (bicyclic) bond motifs is 1. The molecule has 0 N–H and O–H groups in total. The molecule has 1 heterocycles. The average Bonchev–Trinajstić information content (AvgIpc) is 2.50. The van der Waals surface area contributed by atoms with Crippen molar-refractivity contribution in [3.05, 3.63) is 46.9 Å². The molecule has 2 rings (SSSR count). The van der Waals surface area contributed by atoms with E-state index in [0.29, 0.717) is 0 Å². The Labute approximate surface area is 89.4 Å². The Morgan fingerprint density at radius 1 is 1.40 bits per heavy atom. The molecule has 0 amide bonds. The molecule has 0 saturated heterocycles. The van der Waals surface area contributed by atoms with E-state index in [1.165, 1.54) is 0 Å². The zero-order valence-corrected chi connectivity index (χ0v) is 8.85. The van der Waals surface area contributed by atoms with E-state index in [2.05, 4.69) is 28.2 Å². The fourth-order valence-electron chi connectivity index (χ4n) is 1.48. The SMILES string of the molecule is C/C=C\Cc1cnc2c(n1)=CCC=CC=2. The monoisotopic (exact) mass is 198 g/mol. The van der Waals surface area contributed by atoms with Crippen molar-refractivity contribution >= 4 is 12.2 Å². The van der Waals surface area contributed by atoms with Crippen molar-refractivity contribution in [2.75, 3.05) is 0 Å². The lowest BCUT2D eigenvalue weighted by molar-refractivity contribution is 0.994. The minimum absolute atomic E-state index is 0.859. The van der Waals surface area contributed by atoms with E-state index in [4.69, 9.17) is 0 Å². The van der Waals surface area contributed by atoms with Crippen molar-refractivity contribution in [1.29, 1.82) is 0 Å². The van der Waals surface area contributed by atoms with Gasteiger partial charge in [-0.2, -0.15) is 0 Å². The van der Waals surface area contributed by atoms with E-state index in [-0.39, 0.29) is 0 Å². The van der Waals surface area contributed by atoms with Crippen molar-refractivity contribution in [1.82, 2.24) is 9.97 Å². The van der Waals surface area contributed by atoms with E-state index in [9.17, 15) is 0 Å². The molecule has 0 saturated carbocycles. The number of hydrogen-bond acceptors (Lipinski definition) is 2. The van der Waals surface area contributed by atoms with Crippen molar-refractivity contribution in [2.24, 2.45) is 0 Å². The van der Waals surface area contributed by atoms with E-state index < -0.39 is 0 Å². The fourth-order valence-corrected chi connectivity index (χ4v) is 1.48. The normalized spacial score (nSPS) is 14.2. The van der Waals surface area contributed by atoms with Crippen LogP contribution in [0.4, 0.5) is 0 Å². The molecule has 1 aliphatic rings. The van der Waals surface area contributed by atoms with Gasteiger partial charge in [0.05, 0.1) is 16.4 Å². The van der Waals surface area contributed by atoms with Crippen LogP contribution in [-0.4, -0.2) is 9.97 Å². The first-order chi connectivity index (χ1) is 7.40. The summed E-state index contributed by atoms with van der Waals surface area (Å²) in [5.41, 5.74) is 1.03. The third-order valence-electron chi connectivity index (χ3n) is 2.28. The van der Waals surface area contributed by atoms with Gasteiger partial charge in [-0.15, -0.1) is 0 Å². The standard InChI is InChI=1S/C13H14N2/c1-2-3-7-11-10-14-12-8-5-4-6-9-13(12)15-11/h2-5,8-10H,6-7H2,1H3/b3-2-. The van der Waals surface area contributed by atoms with Crippen molar-refractivity contribution < 1.29 is 0 Å². The lowest BCUT2D eigenvalue weighted by Crippen LogP contribution is -2.31. The van der Waals surface area contributed by atoms with Gasteiger partial charge >= 0.3 is 0 Å². The smallest absolute Gasteiger partial charge is 0.0883 e. The first kappa shape index (κ1) is 9.84. The second-order valence-electron chi connectivity index (χ2n) is 3.44. The highest BCUT2D eigenvalue weighted by Crippen LogP contribution is 1.91. The van der Waals surface area contributed by atoms with Gasteiger partial charge in [0.1, 0.15) is 0 Å². The second-order valence-corrected chi connectivity index (χ2v) is 3.44. The molecule has 0 fully saturated rings. The molecule has 1 aromatic rings. The Bertz CT molecular complexity index is 510. The molecule has 2 nitrogen and oxygen atoms in total. The molecule has 0 aliphatic heterocycles. The minimum atomic E-state index is 0.859. The van der Waals surface area contributed by atoms with Crippen LogP contribution in [0.2, 0.25) is 0 Å². The summed E-state index contributed by atoms with van der Waals surface area (Å²) in [7, 11) is 0. The number of allylic oxidation sites excluding steroid dienone is 4. The third-order valence-corrected chi connectivity index (χ3v) is 2.28. The lowest BCUT2D eigenvalue weighted by Gasteiger charge is -1.95. The van der Waals surface area contributed by atoms with Gasteiger partial charge in [0, 0.05) is 12.6 Å². The zero-order valence-electron chi connectivity index (χ0n) is 8.85. The van der Waals surface area contributed by atoms with Crippen LogP contribution in [0.3, 0.4) is 0 Å². The van der Waals surface area contributed by atoms with Gasteiger partial charge in [0.15, 0.2) is 0 Å². The van der Waals surface area contributed by atoms with Gasteiger partial charge in [-0.25, -0.2) is 4.98 Å². The predicted molar refractivity (Wildman–Crippen MR) is 62.5 cm³/mol. The molecule has 0 bridgehead atoms. The summed E-state index contributed by atoms with van der Waals surface area (Å²) in [5, 5.41) is 1.97. The number of nitrogens with zero attached hydrogens (tertiary/aromatic N) is 2. The quantitative estimate of drug-likeness (QED) is 0.665. The topological polar surface area (TPSA) is 25.8 Å². The summed E-state index contributed by atoms with van der Waals surface area (Å²) in [5.74, 6) is 0. The van der Waals surface area contributed by atoms with Crippen LogP contribution >= 0.6 is 0 Å². The summed E-state index contributed by atoms with van der Waals surface area (Å²) in [4.78, 5) is 8.97. The highest BCUT2D eigenvalue weighted by molar-refractivity contribution is 5.40. The molecule has 1 aliphatic carbocycles. The first-order valence-electron chi connectivity index (χ1n) is 5.20. The van der Waals surface area contributed by atoms with Crippen LogP contribution in [0.25, 0.3) is 12.2 Å². The van der Waals surface area contributed by atoms with Crippen LogP contribution in [0.1, 0.15) is 19.0 Å². The molecule has 0 unspecified atom stereocenters. The maximum Gasteiger partial charge on any atom is 0.0883 e. The predicted octanol–water partition coefficient (Wildman–Crippen LogP) is 1.12. The molecule has 76 valence electrons. The number of aromatic nitrogens is 2. The van der Waals surface area contributed by atoms with E-state index >= 15 is 0 Å².